The Bertz CT molecular complexity index is 918. The Labute approximate surface area is 151 Å². The Morgan fingerprint density at radius 2 is 1.88 bits per heavy atom. The molecule has 2 nitrogen and oxygen atoms in total. The maximum absolute atomic E-state index is 4.12. The van der Waals surface area contributed by atoms with Crippen molar-refractivity contribution < 1.29 is 0 Å². The minimum absolute atomic E-state index is 0.972. The minimum atomic E-state index is 0.972. The summed E-state index contributed by atoms with van der Waals surface area (Å²) in [6, 6.07) is 13.5. The van der Waals surface area contributed by atoms with Crippen LogP contribution in [-0.2, 0) is 6.42 Å². The van der Waals surface area contributed by atoms with Gasteiger partial charge in [-0.2, -0.15) is 0 Å². The number of fused-ring (bicyclic) bond motifs is 2. The molecule has 1 aliphatic carbocycles. The smallest absolute Gasteiger partial charge is 0.0369 e. The lowest BCUT2D eigenvalue weighted by molar-refractivity contribution is 0.864. The summed E-state index contributed by atoms with van der Waals surface area (Å²) in [6.45, 7) is 12.8. The Balaban J connectivity index is 2.26. The van der Waals surface area contributed by atoms with Crippen LogP contribution < -0.4 is 20.7 Å². The van der Waals surface area contributed by atoms with E-state index in [1.165, 1.54) is 38.7 Å². The molecule has 0 bridgehead atoms. The van der Waals surface area contributed by atoms with E-state index in [-0.39, 0.29) is 0 Å². The van der Waals surface area contributed by atoms with Gasteiger partial charge in [-0.05, 0) is 83.8 Å². The van der Waals surface area contributed by atoms with Crippen molar-refractivity contribution in [2.24, 2.45) is 0 Å². The Morgan fingerprint density at radius 1 is 1.12 bits per heavy atom. The van der Waals surface area contributed by atoms with Crippen molar-refractivity contribution in [3.8, 4) is 0 Å². The van der Waals surface area contributed by atoms with Gasteiger partial charge in [0.15, 0.2) is 0 Å². The second-order valence-corrected chi connectivity index (χ2v) is 6.67. The molecule has 0 radical (unpaired) electrons. The molecule has 2 aromatic rings. The predicted molar refractivity (Wildman–Crippen MR) is 109 cm³/mol. The van der Waals surface area contributed by atoms with Gasteiger partial charge in [0.2, 0.25) is 0 Å². The molecule has 1 N–H and O–H groups in total. The van der Waals surface area contributed by atoms with E-state index >= 15 is 0 Å². The van der Waals surface area contributed by atoms with Crippen molar-refractivity contribution in [2.45, 2.75) is 27.2 Å². The van der Waals surface area contributed by atoms with E-state index in [1.54, 1.807) is 0 Å². The van der Waals surface area contributed by atoms with Crippen molar-refractivity contribution in [1.29, 1.82) is 0 Å². The van der Waals surface area contributed by atoms with E-state index in [4.69, 9.17) is 0 Å². The number of anilines is 1. The largest absolute Gasteiger partial charge is 0.394 e. The number of nitrogens with zero attached hydrogens (tertiary/aromatic N) is 1. The monoisotopic (exact) mass is 332 g/mol. The van der Waals surface area contributed by atoms with Crippen LogP contribution in [0.2, 0.25) is 0 Å². The van der Waals surface area contributed by atoms with Gasteiger partial charge in [0.25, 0.3) is 0 Å². The minimum Gasteiger partial charge on any atom is -0.394 e. The van der Waals surface area contributed by atoms with E-state index in [2.05, 4.69) is 80.2 Å². The Hall–Kier alpha value is -2.48. The Morgan fingerprint density at radius 3 is 2.56 bits per heavy atom. The Kier molecular flexibility index (Phi) is 4.98. The lowest BCUT2D eigenvalue weighted by atomic mass is 9.83. The first-order valence-electron chi connectivity index (χ1n) is 9.13. The zero-order valence-electron chi connectivity index (χ0n) is 15.8. The van der Waals surface area contributed by atoms with Crippen LogP contribution in [0.15, 0.2) is 48.2 Å². The van der Waals surface area contributed by atoms with Crippen molar-refractivity contribution in [2.75, 3.05) is 25.0 Å². The third kappa shape index (κ3) is 3.21. The molecule has 1 aliphatic rings. The molecule has 0 saturated heterocycles. The zero-order chi connectivity index (χ0) is 18.0. The molecule has 2 aromatic carbocycles. The maximum atomic E-state index is 4.12. The molecule has 0 amide bonds. The molecular formula is C23H28N2. The quantitative estimate of drug-likeness (QED) is 0.905. The predicted octanol–water partition coefficient (Wildman–Crippen LogP) is 3.17. The van der Waals surface area contributed by atoms with Gasteiger partial charge in [-0.1, -0.05) is 30.8 Å². The molecule has 0 aliphatic heterocycles. The van der Waals surface area contributed by atoms with E-state index in [1.807, 2.05) is 7.05 Å². The highest BCUT2D eigenvalue weighted by Crippen LogP contribution is 2.31. The van der Waals surface area contributed by atoms with Crippen LogP contribution >= 0.6 is 0 Å². The summed E-state index contributed by atoms with van der Waals surface area (Å²) in [6.07, 6.45) is 3.06. The molecular weight excluding hydrogens is 304 g/mol. The molecule has 130 valence electrons. The maximum Gasteiger partial charge on any atom is 0.0369 e. The fourth-order valence-corrected chi connectivity index (χ4v) is 3.86. The molecule has 0 saturated carbocycles. The average Bonchev–Trinajstić information content (AvgIpc) is 2.60. The molecule has 0 fully saturated rings. The molecule has 25 heavy (non-hydrogen) atoms. The van der Waals surface area contributed by atoms with Gasteiger partial charge in [0.05, 0.1) is 0 Å². The summed E-state index contributed by atoms with van der Waals surface area (Å²) in [7, 11) is 1.96. The normalized spacial score (nSPS) is 13.3. The molecule has 0 unspecified atom stereocenters. The zero-order valence-corrected chi connectivity index (χ0v) is 15.8. The van der Waals surface area contributed by atoms with Gasteiger partial charge >= 0.3 is 0 Å². The van der Waals surface area contributed by atoms with Crippen LogP contribution in [0.25, 0.3) is 12.2 Å². The van der Waals surface area contributed by atoms with Gasteiger partial charge in [-0.15, -0.1) is 0 Å². The summed E-state index contributed by atoms with van der Waals surface area (Å²) in [4.78, 5) is 2.41. The lowest BCUT2D eigenvalue weighted by Gasteiger charge is -2.26. The van der Waals surface area contributed by atoms with E-state index < -0.39 is 0 Å². The molecule has 2 heteroatoms. The number of rotatable bonds is 5. The highest BCUT2D eigenvalue weighted by Gasteiger charge is 2.19. The van der Waals surface area contributed by atoms with Crippen LogP contribution in [-0.4, -0.2) is 20.1 Å². The van der Waals surface area contributed by atoms with E-state index in [9.17, 15) is 0 Å². The van der Waals surface area contributed by atoms with Crippen molar-refractivity contribution in [3.63, 3.8) is 0 Å². The van der Waals surface area contributed by atoms with Gasteiger partial charge in [-0.3, -0.25) is 0 Å². The number of benzene rings is 2. The van der Waals surface area contributed by atoms with E-state index in [0.717, 1.165) is 24.7 Å². The molecule has 0 heterocycles. The summed E-state index contributed by atoms with van der Waals surface area (Å²) in [5.41, 5.74) is 8.03. The summed E-state index contributed by atoms with van der Waals surface area (Å²) in [5, 5.41) is 5.60. The average molecular weight is 332 g/mol. The highest BCUT2D eigenvalue weighted by molar-refractivity contribution is 5.83. The first kappa shape index (κ1) is 17.3. The van der Waals surface area contributed by atoms with Crippen molar-refractivity contribution >= 4 is 17.8 Å². The molecule has 3 rings (SSSR count). The number of hydrogen-bond donors (Lipinski definition) is 1. The topological polar surface area (TPSA) is 15.3 Å². The van der Waals surface area contributed by atoms with Crippen LogP contribution in [0, 0.1) is 0 Å². The third-order valence-electron chi connectivity index (χ3n) is 5.06. The number of hydrogen-bond acceptors (Lipinski definition) is 2. The standard InChI is InChI=1S/C23H28N2/c1-6-25(7-2)20-9-11-22-19(14-20)13-18-12-16(3)8-10-21(18)23(22)17(4)15-24-5/h8-12,14-15,24H,3,6-7,13H2,1-2,4-5H3. The highest BCUT2D eigenvalue weighted by atomic mass is 15.1. The third-order valence-corrected chi connectivity index (χ3v) is 5.06. The van der Waals surface area contributed by atoms with Crippen LogP contribution in [0.5, 0.6) is 0 Å². The van der Waals surface area contributed by atoms with Gasteiger partial charge in [0, 0.05) is 25.8 Å². The van der Waals surface area contributed by atoms with Gasteiger partial charge in [-0.25, -0.2) is 0 Å². The van der Waals surface area contributed by atoms with Gasteiger partial charge in [0.1, 0.15) is 0 Å². The van der Waals surface area contributed by atoms with Gasteiger partial charge < -0.3 is 10.2 Å². The molecule has 0 spiro atoms. The summed E-state index contributed by atoms with van der Waals surface area (Å²) in [5.74, 6) is 0. The van der Waals surface area contributed by atoms with Crippen LogP contribution in [0.1, 0.15) is 37.5 Å². The second kappa shape index (κ2) is 7.18. The number of nitrogens with one attached hydrogen (secondary N) is 1. The summed E-state index contributed by atoms with van der Waals surface area (Å²) >= 11 is 0. The fourth-order valence-electron chi connectivity index (χ4n) is 3.86. The lowest BCUT2D eigenvalue weighted by Crippen LogP contribution is -2.25. The van der Waals surface area contributed by atoms with Crippen molar-refractivity contribution in [1.82, 2.24) is 5.32 Å². The van der Waals surface area contributed by atoms with Crippen molar-refractivity contribution in [3.05, 3.63) is 75.3 Å². The second-order valence-electron chi connectivity index (χ2n) is 6.67. The SMILES string of the molecule is C=c1ccc2c(c1)Cc1cc(N(CC)CC)ccc1C=2C(C)=CNC. The first-order chi connectivity index (χ1) is 12.1. The van der Waals surface area contributed by atoms with E-state index in [0.29, 0.717) is 0 Å². The fraction of sp³-hybridized carbons (Fsp3) is 0.304. The summed E-state index contributed by atoms with van der Waals surface area (Å²) < 4.78 is 0. The van der Waals surface area contributed by atoms with Crippen LogP contribution in [0.4, 0.5) is 5.69 Å². The molecule has 0 aromatic heterocycles. The van der Waals surface area contributed by atoms with Crippen LogP contribution in [0.3, 0.4) is 0 Å². The number of allylic oxidation sites excluding steroid dienone is 1. The first-order valence-corrected chi connectivity index (χ1v) is 9.13. The molecule has 0 atom stereocenters.